The van der Waals surface area contributed by atoms with Crippen LogP contribution in [0.5, 0.6) is 0 Å². The fraction of sp³-hybridized carbons (Fsp3) is 0.667. The van der Waals surface area contributed by atoms with E-state index >= 15 is 0 Å². The smallest absolute Gasteiger partial charge is 0.320 e. The van der Waals surface area contributed by atoms with Gasteiger partial charge in [0.25, 0.3) is 0 Å². The number of halogens is 1. The predicted octanol–water partition coefficient (Wildman–Crippen LogP) is 2.29. The average molecular weight is 191 g/mol. The van der Waals surface area contributed by atoms with E-state index in [4.69, 9.17) is 11.6 Å². The Morgan fingerprint density at radius 2 is 2.55 bits per heavy atom. The van der Waals surface area contributed by atoms with Crippen molar-refractivity contribution in [2.75, 3.05) is 5.75 Å². The van der Waals surface area contributed by atoms with Crippen molar-refractivity contribution in [3.8, 4) is 0 Å². The van der Waals surface area contributed by atoms with Gasteiger partial charge in [-0.15, -0.1) is 0 Å². The first kappa shape index (κ1) is 7.43. The van der Waals surface area contributed by atoms with Crippen molar-refractivity contribution in [2.45, 2.75) is 18.1 Å². The maximum Gasteiger partial charge on any atom is 0.320 e. The van der Waals surface area contributed by atoms with E-state index in [1.54, 1.807) is 0 Å². The zero-order chi connectivity index (χ0) is 7.68. The molecule has 60 valence electrons. The number of rotatable bonds is 1. The Morgan fingerprint density at radius 1 is 1.64 bits per heavy atom. The Morgan fingerprint density at radius 3 is 3.09 bits per heavy atom. The summed E-state index contributed by atoms with van der Waals surface area (Å²) in [5.74, 6) is 1.94. The van der Waals surface area contributed by atoms with E-state index in [1.807, 2.05) is 11.8 Å². The third-order valence-electron chi connectivity index (χ3n) is 1.63. The summed E-state index contributed by atoms with van der Waals surface area (Å²) >= 11 is 7.35. The van der Waals surface area contributed by atoms with E-state index in [0.717, 1.165) is 12.2 Å². The van der Waals surface area contributed by atoms with Crippen molar-refractivity contribution < 1.29 is 4.52 Å². The van der Waals surface area contributed by atoms with Gasteiger partial charge < -0.3 is 4.52 Å². The van der Waals surface area contributed by atoms with E-state index in [2.05, 4.69) is 14.7 Å². The summed E-state index contributed by atoms with van der Waals surface area (Å²) in [5, 5.41) is 4.31. The molecule has 0 N–H and O–H groups in total. The summed E-state index contributed by atoms with van der Waals surface area (Å²) in [4.78, 5) is 3.96. The molecule has 11 heavy (non-hydrogen) atoms. The van der Waals surface area contributed by atoms with E-state index < -0.39 is 0 Å². The lowest BCUT2D eigenvalue weighted by atomic mass is 10.2. The summed E-state index contributed by atoms with van der Waals surface area (Å²) in [7, 11) is 0. The summed E-state index contributed by atoms with van der Waals surface area (Å²) in [6.45, 7) is 0. The Bertz CT molecular complexity index is 246. The SMILES string of the molecule is Clc1nc(C2CCCS2)no1. The van der Waals surface area contributed by atoms with Gasteiger partial charge in [0.05, 0.1) is 5.25 Å². The summed E-state index contributed by atoms with van der Waals surface area (Å²) in [6.07, 6.45) is 2.38. The molecule has 1 aromatic heterocycles. The summed E-state index contributed by atoms with van der Waals surface area (Å²) in [5.41, 5.74) is 0. The predicted molar refractivity (Wildman–Crippen MR) is 43.7 cm³/mol. The first-order chi connectivity index (χ1) is 5.36. The second-order valence-corrected chi connectivity index (χ2v) is 4.04. The largest absolute Gasteiger partial charge is 0.321 e. The molecule has 3 nitrogen and oxygen atoms in total. The Balaban J connectivity index is 2.15. The van der Waals surface area contributed by atoms with Gasteiger partial charge in [-0.25, -0.2) is 0 Å². The van der Waals surface area contributed by atoms with Crippen LogP contribution in [0.2, 0.25) is 5.35 Å². The van der Waals surface area contributed by atoms with Crippen LogP contribution in [-0.4, -0.2) is 15.9 Å². The Labute approximate surface area is 73.5 Å². The lowest BCUT2D eigenvalue weighted by Crippen LogP contribution is -1.90. The van der Waals surface area contributed by atoms with Gasteiger partial charge in [-0.1, -0.05) is 5.16 Å². The summed E-state index contributed by atoms with van der Waals surface area (Å²) in [6, 6.07) is 0. The number of hydrogen-bond donors (Lipinski definition) is 0. The Hall–Kier alpha value is -0.220. The van der Waals surface area contributed by atoms with E-state index in [9.17, 15) is 0 Å². The van der Waals surface area contributed by atoms with Gasteiger partial charge in [-0.2, -0.15) is 16.7 Å². The minimum Gasteiger partial charge on any atom is -0.321 e. The highest BCUT2D eigenvalue weighted by Gasteiger charge is 2.22. The maximum absolute atomic E-state index is 5.49. The van der Waals surface area contributed by atoms with Crippen molar-refractivity contribution in [3.05, 3.63) is 11.2 Å². The van der Waals surface area contributed by atoms with Gasteiger partial charge in [-0.3, -0.25) is 0 Å². The molecule has 0 aromatic carbocycles. The third-order valence-corrected chi connectivity index (χ3v) is 3.16. The quantitative estimate of drug-likeness (QED) is 0.681. The van der Waals surface area contributed by atoms with Crippen molar-refractivity contribution in [1.82, 2.24) is 10.1 Å². The number of thioether (sulfide) groups is 1. The van der Waals surface area contributed by atoms with Crippen LogP contribution in [0.25, 0.3) is 0 Å². The molecule has 1 aliphatic rings. The molecule has 0 amide bonds. The Kier molecular flexibility index (Phi) is 2.05. The normalized spacial score (nSPS) is 24.3. The monoisotopic (exact) mass is 190 g/mol. The van der Waals surface area contributed by atoms with Crippen LogP contribution in [0.4, 0.5) is 0 Å². The molecule has 1 unspecified atom stereocenters. The highest BCUT2D eigenvalue weighted by atomic mass is 35.5. The average Bonchev–Trinajstić information content (AvgIpc) is 2.55. The second-order valence-electron chi connectivity index (χ2n) is 2.41. The number of nitrogens with zero attached hydrogens (tertiary/aromatic N) is 2. The molecule has 1 fully saturated rings. The van der Waals surface area contributed by atoms with Gasteiger partial charge in [0.1, 0.15) is 0 Å². The maximum atomic E-state index is 5.49. The lowest BCUT2D eigenvalue weighted by Gasteiger charge is -1.98. The molecule has 2 heterocycles. The fourth-order valence-corrected chi connectivity index (χ4v) is 2.44. The van der Waals surface area contributed by atoms with Crippen LogP contribution in [0.1, 0.15) is 23.9 Å². The highest BCUT2D eigenvalue weighted by Crippen LogP contribution is 2.38. The standard InChI is InChI=1S/C6H7ClN2OS/c7-6-8-5(9-10-6)4-2-1-3-11-4/h4H,1-3H2. The molecule has 0 radical (unpaired) electrons. The molecule has 2 rings (SSSR count). The van der Waals surface area contributed by atoms with Gasteiger partial charge in [-0.05, 0) is 30.2 Å². The van der Waals surface area contributed by atoms with Gasteiger partial charge >= 0.3 is 5.35 Å². The fourth-order valence-electron chi connectivity index (χ4n) is 1.13. The molecular weight excluding hydrogens is 184 g/mol. The van der Waals surface area contributed by atoms with Crippen LogP contribution in [0.15, 0.2) is 4.52 Å². The van der Waals surface area contributed by atoms with Crippen molar-refractivity contribution >= 4 is 23.4 Å². The number of aromatic nitrogens is 2. The summed E-state index contributed by atoms with van der Waals surface area (Å²) < 4.78 is 4.67. The zero-order valence-electron chi connectivity index (χ0n) is 5.79. The molecule has 1 aromatic rings. The molecular formula is C6H7ClN2OS. The minimum atomic E-state index is 0.146. The molecule has 1 saturated heterocycles. The van der Waals surface area contributed by atoms with Crippen LogP contribution in [0.3, 0.4) is 0 Å². The molecule has 1 aliphatic heterocycles. The molecule has 0 bridgehead atoms. The first-order valence-corrected chi connectivity index (χ1v) is 4.89. The first-order valence-electron chi connectivity index (χ1n) is 3.47. The van der Waals surface area contributed by atoms with Crippen molar-refractivity contribution in [1.29, 1.82) is 0 Å². The molecule has 5 heteroatoms. The topological polar surface area (TPSA) is 38.9 Å². The molecule has 0 spiro atoms. The highest BCUT2D eigenvalue weighted by molar-refractivity contribution is 7.99. The van der Waals surface area contributed by atoms with Crippen molar-refractivity contribution in [3.63, 3.8) is 0 Å². The van der Waals surface area contributed by atoms with E-state index in [-0.39, 0.29) is 5.35 Å². The molecule has 1 atom stereocenters. The van der Waals surface area contributed by atoms with E-state index in [1.165, 1.54) is 12.2 Å². The second kappa shape index (κ2) is 3.03. The van der Waals surface area contributed by atoms with Gasteiger partial charge in [0.15, 0.2) is 5.82 Å². The van der Waals surface area contributed by atoms with E-state index in [0.29, 0.717) is 5.25 Å². The van der Waals surface area contributed by atoms with Crippen LogP contribution >= 0.6 is 23.4 Å². The minimum absolute atomic E-state index is 0.146. The van der Waals surface area contributed by atoms with Gasteiger partial charge in [0, 0.05) is 0 Å². The van der Waals surface area contributed by atoms with Crippen molar-refractivity contribution in [2.24, 2.45) is 0 Å². The van der Waals surface area contributed by atoms with Gasteiger partial charge in [0.2, 0.25) is 0 Å². The van der Waals surface area contributed by atoms with Crippen LogP contribution in [-0.2, 0) is 0 Å². The lowest BCUT2D eigenvalue weighted by molar-refractivity contribution is 0.411. The molecule has 0 aliphatic carbocycles. The number of hydrogen-bond acceptors (Lipinski definition) is 4. The van der Waals surface area contributed by atoms with Crippen LogP contribution in [0, 0.1) is 0 Å². The molecule has 0 saturated carbocycles. The third kappa shape index (κ3) is 1.51. The zero-order valence-corrected chi connectivity index (χ0v) is 7.36. The van der Waals surface area contributed by atoms with Crippen LogP contribution < -0.4 is 0 Å².